The first-order valence-corrected chi connectivity index (χ1v) is 16.5. The molecule has 0 aliphatic carbocycles. The zero-order valence-corrected chi connectivity index (χ0v) is 29.5. The highest BCUT2D eigenvalue weighted by atomic mass is 35.5. The number of amides is 2. The number of alkyl carbamates (subject to hydrolysis) is 1. The van der Waals surface area contributed by atoms with E-state index in [0.29, 0.717) is 17.9 Å². The number of nitrogen functional groups attached to an aromatic ring is 1. The summed E-state index contributed by atoms with van der Waals surface area (Å²) in [5.41, 5.74) is 4.85. The average Bonchev–Trinajstić information content (AvgIpc) is 3.75. The zero-order valence-electron chi connectivity index (χ0n) is 28.7. The molecule has 50 heavy (non-hydrogen) atoms. The Morgan fingerprint density at radius 2 is 2.00 bits per heavy atom. The van der Waals surface area contributed by atoms with Gasteiger partial charge in [-0.3, -0.25) is 10.6 Å². The molecule has 0 radical (unpaired) electrons. The summed E-state index contributed by atoms with van der Waals surface area (Å²) >= 11 is 6.74. The van der Waals surface area contributed by atoms with Crippen LogP contribution in [0.4, 0.5) is 31.0 Å². The third-order valence-corrected chi connectivity index (χ3v) is 9.97. The number of carbonyl (C=O) groups is 2. The number of nitrogens with one attached hydrogen (secondary N) is 2. The quantitative estimate of drug-likeness (QED) is 0.215. The molecule has 0 spiro atoms. The van der Waals surface area contributed by atoms with Gasteiger partial charge in [0.15, 0.2) is 5.72 Å². The average molecular weight is 719 g/mol. The van der Waals surface area contributed by atoms with Crippen molar-refractivity contribution in [2.24, 2.45) is 5.92 Å². The summed E-state index contributed by atoms with van der Waals surface area (Å²) in [6.07, 6.45) is -1.21. The van der Waals surface area contributed by atoms with E-state index in [1.54, 1.807) is 39.1 Å². The molecule has 2 fully saturated rings. The van der Waals surface area contributed by atoms with Gasteiger partial charge in [-0.25, -0.2) is 14.0 Å². The smallest absolute Gasteiger partial charge is 0.412 e. The monoisotopic (exact) mass is 718 g/mol. The van der Waals surface area contributed by atoms with Crippen LogP contribution in [0, 0.1) is 11.7 Å². The Balaban J connectivity index is 1.54. The van der Waals surface area contributed by atoms with Gasteiger partial charge in [-0.1, -0.05) is 42.3 Å². The van der Waals surface area contributed by atoms with Crippen molar-refractivity contribution in [1.29, 1.82) is 0 Å². The third-order valence-electron chi connectivity index (χ3n) is 9.59. The lowest BCUT2D eigenvalue weighted by atomic mass is 9.83. The van der Waals surface area contributed by atoms with Crippen LogP contribution in [0.2, 0.25) is 5.02 Å². The highest BCUT2D eigenvalue weighted by Gasteiger charge is 2.64. The van der Waals surface area contributed by atoms with Crippen molar-refractivity contribution in [3.63, 3.8) is 0 Å². The minimum absolute atomic E-state index is 0.0562. The number of carbonyl (C=O) groups excluding carboxylic acids is 2. The van der Waals surface area contributed by atoms with Gasteiger partial charge < -0.3 is 44.5 Å². The van der Waals surface area contributed by atoms with Gasteiger partial charge in [-0.05, 0) is 56.2 Å². The van der Waals surface area contributed by atoms with Crippen LogP contribution in [0.15, 0.2) is 54.1 Å². The van der Waals surface area contributed by atoms with Gasteiger partial charge in [0.1, 0.15) is 46.7 Å². The number of hydrogen-bond acceptors (Lipinski definition) is 11. The van der Waals surface area contributed by atoms with Gasteiger partial charge in [0.05, 0.1) is 24.6 Å². The lowest BCUT2D eigenvalue weighted by molar-refractivity contribution is -0.142. The van der Waals surface area contributed by atoms with Crippen LogP contribution in [0.25, 0.3) is 0 Å². The Kier molecular flexibility index (Phi) is 10.9. The number of ether oxygens (including phenoxy) is 5. The first-order valence-electron chi connectivity index (χ1n) is 16.1. The van der Waals surface area contributed by atoms with Gasteiger partial charge in [-0.15, -0.1) is 0 Å². The van der Waals surface area contributed by atoms with E-state index in [2.05, 4.69) is 10.6 Å². The molecule has 0 saturated carbocycles. The molecule has 3 heterocycles. The minimum atomic E-state index is -1.83. The molecule has 3 aliphatic heterocycles. The second-order valence-electron chi connectivity index (χ2n) is 13.2. The van der Waals surface area contributed by atoms with Crippen molar-refractivity contribution < 1.29 is 47.9 Å². The summed E-state index contributed by atoms with van der Waals surface area (Å²) in [6.45, 7) is 5.41. The molecule has 0 aromatic heterocycles. The molecule has 2 aromatic rings. The molecule has 1 unspecified atom stereocenters. The maximum absolute atomic E-state index is 14.6. The Morgan fingerprint density at radius 3 is 2.68 bits per heavy atom. The van der Waals surface area contributed by atoms with E-state index in [9.17, 15) is 24.2 Å². The topological polar surface area (TPSA) is 177 Å². The summed E-state index contributed by atoms with van der Waals surface area (Å²) in [4.78, 5) is 27.6. The van der Waals surface area contributed by atoms with E-state index in [1.165, 1.54) is 31.3 Å². The predicted octanol–water partition coefficient (Wildman–Crippen LogP) is 4.89. The number of benzene rings is 2. The van der Waals surface area contributed by atoms with Crippen LogP contribution in [-0.2, 0) is 25.4 Å². The lowest BCUT2D eigenvalue weighted by Gasteiger charge is -2.42. The van der Waals surface area contributed by atoms with Gasteiger partial charge >= 0.3 is 12.2 Å². The number of halogens is 2. The largest absolute Gasteiger partial charge is 0.495 e. The molecule has 2 aromatic carbocycles. The molecule has 4 bridgehead atoms. The van der Waals surface area contributed by atoms with E-state index >= 15 is 0 Å². The summed E-state index contributed by atoms with van der Waals surface area (Å²) < 4.78 is 43.4. The number of aliphatic hydroxyl groups is 2. The summed E-state index contributed by atoms with van der Waals surface area (Å²) in [5.74, 6) is -0.904. The van der Waals surface area contributed by atoms with Crippen LogP contribution in [0.3, 0.4) is 0 Å². The molecular weight excluding hydrogens is 675 g/mol. The van der Waals surface area contributed by atoms with Crippen LogP contribution in [0.1, 0.15) is 39.2 Å². The molecular formula is C35H44ClFN4O9. The van der Waals surface area contributed by atoms with Crippen molar-refractivity contribution in [2.75, 3.05) is 37.2 Å². The first-order chi connectivity index (χ1) is 23.6. The van der Waals surface area contributed by atoms with E-state index < -0.39 is 65.9 Å². The number of epoxide rings is 1. The predicted molar refractivity (Wildman–Crippen MR) is 185 cm³/mol. The molecule has 15 heteroatoms. The highest BCUT2D eigenvalue weighted by molar-refractivity contribution is 6.34. The summed E-state index contributed by atoms with van der Waals surface area (Å²) in [5, 5.41) is 28.5. The molecule has 6 N–H and O–H groups in total. The van der Waals surface area contributed by atoms with E-state index in [1.807, 2.05) is 19.1 Å². The van der Waals surface area contributed by atoms with Crippen molar-refractivity contribution in [3.8, 4) is 5.75 Å². The molecule has 13 nitrogen and oxygen atoms in total. The van der Waals surface area contributed by atoms with Gasteiger partial charge in [-0.2, -0.15) is 0 Å². The van der Waals surface area contributed by atoms with Crippen LogP contribution in [-0.4, -0.2) is 85.6 Å². The lowest BCUT2D eigenvalue weighted by Crippen LogP contribution is -2.63. The fourth-order valence-corrected chi connectivity index (χ4v) is 6.96. The maximum Gasteiger partial charge on any atom is 0.412 e. The van der Waals surface area contributed by atoms with Crippen molar-refractivity contribution in [3.05, 3.63) is 70.5 Å². The molecule has 2 amide bonds. The zero-order chi connectivity index (χ0) is 36.5. The first kappa shape index (κ1) is 37.2. The summed E-state index contributed by atoms with van der Waals surface area (Å²) in [7, 11) is 4.55. The highest BCUT2D eigenvalue weighted by Crippen LogP contribution is 2.49. The number of allylic oxidation sites excluding steroid dienone is 3. The SMILES string of the molecule is COc1cc2cc(c1Cl)N(C)C(O)C[C@H](OC(=O)Nc1ccc(N)cc1F)[C@]1(C)O[C@H]1[C@H](C)[C@@H]1C[C@@](O)(NC(=O)O1)[C@H](OC)/C=C/C=C(\C)C2. The van der Waals surface area contributed by atoms with E-state index in [0.717, 1.165) is 17.2 Å². The summed E-state index contributed by atoms with van der Waals surface area (Å²) in [6, 6.07) is 7.41. The molecule has 8 atom stereocenters. The van der Waals surface area contributed by atoms with Crippen molar-refractivity contribution >= 4 is 40.8 Å². The van der Waals surface area contributed by atoms with Crippen LogP contribution >= 0.6 is 11.6 Å². The Labute approximate surface area is 295 Å². The fourth-order valence-electron chi connectivity index (χ4n) is 6.64. The standard InChI is InChI=1S/C35H44ClFN4O9/c1-18-8-7-9-27(47-6)35(45)17-26(48-33(44)40-35)19(2)31-34(3,50-31)28(49-32(43)39-23-11-10-21(38)15-22(23)37)16-29(42)41(4)24-13-20(12-18)14-25(46-5)30(24)36/h7-11,13-15,19,26-29,31,42,45H,12,16-17,38H2,1-6H3,(H,39,43)(H,40,44)/b9-7+,18-8+/t19-,26+,27-,28+,29?,31+,34+,35+/m1/s1. The number of hydrogen-bond donors (Lipinski definition) is 5. The maximum atomic E-state index is 14.6. The molecule has 3 aliphatic rings. The number of nitrogens with zero attached hydrogens (tertiary/aromatic N) is 1. The number of nitrogens with two attached hydrogens (primary N) is 1. The van der Waals surface area contributed by atoms with E-state index in [-0.39, 0.29) is 29.2 Å². The second kappa shape index (κ2) is 14.6. The molecule has 272 valence electrons. The molecule has 2 saturated heterocycles. The fraction of sp³-hybridized carbons (Fsp3) is 0.486. The van der Waals surface area contributed by atoms with E-state index in [4.69, 9.17) is 41.0 Å². The van der Waals surface area contributed by atoms with Gasteiger partial charge in [0.2, 0.25) is 0 Å². The minimum Gasteiger partial charge on any atom is -0.495 e. The van der Waals surface area contributed by atoms with Crippen molar-refractivity contribution in [2.45, 2.75) is 82.0 Å². The molecule has 5 rings (SSSR count). The van der Waals surface area contributed by atoms with Crippen LogP contribution < -0.4 is 26.0 Å². The van der Waals surface area contributed by atoms with Gasteiger partial charge in [0.25, 0.3) is 0 Å². The van der Waals surface area contributed by atoms with Crippen molar-refractivity contribution in [1.82, 2.24) is 5.32 Å². The number of aliphatic hydroxyl groups excluding tert-OH is 1. The normalized spacial score (nSPS) is 33.1. The second-order valence-corrected chi connectivity index (χ2v) is 13.6. The number of methoxy groups -OCH3 is 2. The number of rotatable bonds is 4. The van der Waals surface area contributed by atoms with Crippen LogP contribution in [0.5, 0.6) is 5.75 Å². The Hall–Kier alpha value is -4.08. The number of fused-ring (bicyclic) bond motifs is 5. The third kappa shape index (κ3) is 7.79. The Bertz CT molecular complexity index is 1680. The Morgan fingerprint density at radius 1 is 1.26 bits per heavy atom. The number of anilines is 3. The van der Waals surface area contributed by atoms with Gasteiger partial charge in [0, 0.05) is 38.6 Å².